The number of nitrogens with one attached hydrogen (secondary N) is 3. The molecule has 0 aliphatic heterocycles. The van der Waals surface area contributed by atoms with E-state index in [1.807, 2.05) is 19.9 Å². The molecule has 3 N–H and O–H groups in total. The number of carbonyl (C=O) groups excluding carboxylic acids is 2. The van der Waals surface area contributed by atoms with Gasteiger partial charge in [-0.05, 0) is 31.0 Å². The van der Waals surface area contributed by atoms with Gasteiger partial charge in [0.25, 0.3) is 5.56 Å². The lowest BCUT2D eigenvalue weighted by molar-refractivity contribution is -0.116. The fourth-order valence-corrected chi connectivity index (χ4v) is 4.02. The standard InChI is InChI=1S/C22H22ClN5O3S/c1-4-17(20(30)25-16-11-6-5-10-15(16)23)32-22-26-21(31)19(27-28-22)14-9-7-8-12(2)18(14)24-13(3)29/h5-11,17H,4H2,1-3H3,(H,24,29)(H,25,30)(H,26,28,31). The molecule has 0 radical (unpaired) electrons. The number of thioether (sulfide) groups is 1. The minimum absolute atomic E-state index is 0.0790. The number of hydrogen-bond acceptors (Lipinski definition) is 6. The van der Waals surface area contributed by atoms with E-state index in [4.69, 9.17) is 11.6 Å². The lowest BCUT2D eigenvalue weighted by Gasteiger charge is -2.15. The number of halogens is 1. The van der Waals surface area contributed by atoms with Gasteiger partial charge < -0.3 is 10.6 Å². The van der Waals surface area contributed by atoms with Crippen LogP contribution in [0.15, 0.2) is 52.4 Å². The second-order valence-corrected chi connectivity index (χ2v) is 8.57. The van der Waals surface area contributed by atoms with E-state index >= 15 is 0 Å². The number of H-pyrrole nitrogens is 1. The van der Waals surface area contributed by atoms with Crippen LogP contribution in [0, 0.1) is 6.92 Å². The average molecular weight is 472 g/mol. The number of aromatic amines is 1. The van der Waals surface area contributed by atoms with E-state index in [0.29, 0.717) is 28.4 Å². The fraction of sp³-hybridized carbons (Fsp3) is 0.227. The summed E-state index contributed by atoms with van der Waals surface area (Å²) in [5, 5.41) is 13.8. The molecule has 1 heterocycles. The van der Waals surface area contributed by atoms with E-state index in [1.54, 1.807) is 36.4 Å². The summed E-state index contributed by atoms with van der Waals surface area (Å²) in [6.07, 6.45) is 0.497. The van der Waals surface area contributed by atoms with Crippen molar-refractivity contribution in [3.8, 4) is 11.3 Å². The number of rotatable bonds is 7. The molecule has 0 aliphatic carbocycles. The maximum atomic E-state index is 12.8. The third-order valence-corrected chi connectivity index (χ3v) is 6.12. The van der Waals surface area contributed by atoms with Crippen LogP contribution in [0.25, 0.3) is 11.3 Å². The molecule has 0 aliphatic rings. The van der Waals surface area contributed by atoms with Crippen molar-refractivity contribution in [2.75, 3.05) is 10.6 Å². The predicted octanol–water partition coefficient (Wildman–Crippen LogP) is 4.26. The molecule has 2 aromatic carbocycles. The van der Waals surface area contributed by atoms with Gasteiger partial charge in [-0.1, -0.05) is 60.6 Å². The van der Waals surface area contributed by atoms with Gasteiger partial charge in [-0.15, -0.1) is 10.2 Å². The quantitative estimate of drug-likeness (QED) is 0.443. The number of nitrogens with zero attached hydrogens (tertiary/aromatic N) is 2. The van der Waals surface area contributed by atoms with Crippen LogP contribution in [0.3, 0.4) is 0 Å². The molecule has 0 saturated heterocycles. The molecule has 2 amide bonds. The average Bonchev–Trinajstić information content (AvgIpc) is 2.75. The Kier molecular flexibility index (Phi) is 7.66. The van der Waals surface area contributed by atoms with Crippen LogP contribution < -0.4 is 16.2 Å². The van der Waals surface area contributed by atoms with E-state index in [9.17, 15) is 14.4 Å². The van der Waals surface area contributed by atoms with Crippen LogP contribution in [0.2, 0.25) is 5.02 Å². The van der Waals surface area contributed by atoms with Crippen molar-refractivity contribution in [3.63, 3.8) is 0 Å². The van der Waals surface area contributed by atoms with Crippen molar-refractivity contribution in [1.82, 2.24) is 15.2 Å². The molecular formula is C22H22ClN5O3S. The monoisotopic (exact) mass is 471 g/mol. The number of anilines is 2. The van der Waals surface area contributed by atoms with E-state index in [-0.39, 0.29) is 22.7 Å². The highest BCUT2D eigenvalue weighted by molar-refractivity contribution is 8.00. The summed E-state index contributed by atoms with van der Waals surface area (Å²) in [4.78, 5) is 39.7. The summed E-state index contributed by atoms with van der Waals surface area (Å²) < 4.78 is 0. The van der Waals surface area contributed by atoms with Crippen molar-refractivity contribution < 1.29 is 9.59 Å². The Bertz CT molecular complexity index is 1210. The highest BCUT2D eigenvalue weighted by Gasteiger charge is 2.21. The Balaban J connectivity index is 1.83. The Morgan fingerprint density at radius 3 is 2.53 bits per heavy atom. The zero-order valence-corrected chi connectivity index (χ0v) is 19.3. The first-order valence-corrected chi connectivity index (χ1v) is 11.1. The minimum atomic E-state index is -0.518. The molecule has 1 aromatic heterocycles. The second-order valence-electron chi connectivity index (χ2n) is 6.97. The Hall–Kier alpha value is -3.17. The number of amides is 2. The van der Waals surface area contributed by atoms with Gasteiger partial charge in [-0.25, -0.2) is 0 Å². The normalized spacial score (nSPS) is 11.6. The molecule has 166 valence electrons. The molecule has 0 fully saturated rings. The van der Waals surface area contributed by atoms with Crippen molar-refractivity contribution in [3.05, 3.63) is 63.4 Å². The molecular weight excluding hydrogens is 450 g/mol. The molecule has 0 saturated carbocycles. The van der Waals surface area contributed by atoms with Crippen molar-refractivity contribution in [2.24, 2.45) is 0 Å². The second kappa shape index (κ2) is 10.4. The summed E-state index contributed by atoms with van der Waals surface area (Å²) >= 11 is 7.21. The van der Waals surface area contributed by atoms with Crippen molar-refractivity contribution in [1.29, 1.82) is 0 Å². The molecule has 1 unspecified atom stereocenters. The number of aryl methyl sites for hydroxylation is 1. The Morgan fingerprint density at radius 1 is 1.12 bits per heavy atom. The van der Waals surface area contributed by atoms with Gasteiger partial charge in [0.2, 0.25) is 11.8 Å². The number of hydrogen-bond donors (Lipinski definition) is 3. The molecule has 3 aromatic rings. The van der Waals surface area contributed by atoms with Gasteiger partial charge in [0.15, 0.2) is 10.9 Å². The number of carbonyl (C=O) groups is 2. The smallest absolute Gasteiger partial charge is 0.278 e. The van der Waals surface area contributed by atoms with Crippen molar-refractivity contribution >= 4 is 46.6 Å². The number of aromatic nitrogens is 3. The van der Waals surface area contributed by atoms with Crippen LogP contribution in [-0.4, -0.2) is 32.2 Å². The van der Waals surface area contributed by atoms with Gasteiger partial charge in [0, 0.05) is 12.5 Å². The molecule has 0 bridgehead atoms. The summed E-state index contributed by atoms with van der Waals surface area (Å²) in [7, 11) is 0. The molecule has 10 heteroatoms. The first kappa shape index (κ1) is 23.5. The van der Waals surface area contributed by atoms with Gasteiger partial charge in [0.05, 0.1) is 21.6 Å². The van der Waals surface area contributed by atoms with Crippen LogP contribution in [0.5, 0.6) is 0 Å². The highest BCUT2D eigenvalue weighted by atomic mass is 35.5. The van der Waals surface area contributed by atoms with E-state index in [1.165, 1.54) is 6.92 Å². The Morgan fingerprint density at radius 2 is 1.88 bits per heavy atom. The summed E-state index contributed by atoms with van der Waals surface area (Å²) in [5.74, 6) is -0.517. The van der Waals surface area contributed by atoms with Crippen LogP contribution in [0.1, 0.15) is 25.8 Å². The van der Waals surface area contributed by atoms with Crippen LogP contribution in [0.4, 0.5) is 11.4 Å². The molecule has 32 heavy (non-hydrogen) atoms. The maximum Gasteiger partial charge on any atom is 0.278 e. The first-order chi connectivity index (χ1) is 15.3. The van der Waals surface area contributed by atoms with Crippen LogP contribution >= 0.6 is 23.4 Å². The molecule has 0 spiro atoms. The topological polar surface area (TPSA) is 117 Å². The van der Waals surface area contributed by atoms with Gasteiger partial charge in [-0.2, -0.15) is 0 Å². The third kappa shape index (κ3) is 5.54. The third-order valence-electron chi connectivity index (χ3n) is 4.55. The maximum absolute atomic E-state index is 12.8. The Labute approximate surface area is 194 Å². The highest BCUT2D eigenvalue weighted by Crippen LogP contribution is 2.29. The SMILES string of the molecule is CCC(Sc1nnc(-c2cccc(C)c2NC(C)=O)c(=O)[nH]1)C(=O)Nc1ccccc1Cl. The lowest BCUT2D eigenvalue weighted by Crippen LogP contribution is -2.26. The van der Waals surface area contributed by atoms with Crippen molar-refractivity contribution in [2.45, 2.75) is 37.6 Å². The number of para-hydroxylation sites is 2. The summed E-state index contributed by atoms with van der Waals surface area (Å²) in [5.41, 5.74) is 1.88. The first-order valence-electron chi connectivity index (χ1n) is 9.86. The molecule has 8 nitrogen and oxygen atoms in total. The van der Waals surface area contributed by atoms with E-state index < -0.39 is 10.8 Å². The fourth-order valence-electron chi connectivity index (χ4n) is 2.99. The minimum Gasteiger partial charge on any atom is -0.325 e. The zero-order valence-electron chi connectivity index (χ0n) is 17.7. The van der Waals surface area contributed by atoms with Gasteiger partial charge in [0.1, 0.15) is 0 Å². The zero-order chi connectivity index (χ0) is 23.3. The lowest BCUT2D eigenvalue weighted by atomic mass is 10.1. The van der Waals surface area contributed by atoms with E-state index in [0.717, 1.165) is 17.3 Å². The van der Waals surface area contributed by atoms with Crippen LogP contribution in [-0.2, 0) is 9.59 Å². The molecule has 3 rings (SSSR count). The summed E-state index contributed by atoms with van der Waals surface area (Å²) in [6.45, 7) is 5.07. The van der Waals surface area contributed by atoms with Gasteiger partial charge >= 0.3 is 0 Å². The summed E-state index contributed by atoms with van der Waals surface area (Å²) in [6, 6.07) is 12.2. The molecule has 1 atom stereocenters. The number of benzene rings is 2. The predicted molar refractivity (Wildman–Crippen MR) is 127 cm³/mol. The van der Waals surface area contributed by atoms with E-state index in [2.05, 4.69) is 25.8 Å². The van der Waals surface area contributed by atoms with Gasteiger partial charge in [-0.3, -0.25) is 19.4 Å². The largest absolute Gasteiger partial charge is 0.325 e.